The Kier molecular flexibility index (Phi) is 12.3. The number of aliphatic hydroxyl groups is 2. The van der Waals surface area contributed by atoms with Gasteiger partial charge in [-0.25, -0.2) is 0 Å². The highest BCUT2D eigenvalue weighted by atomic mass is 16.5. The van der Waals surface area contributed by atoms with E-state index in [-0.39, 0.29) is 17.9 Å². The second-order valence-electron chi connectivity index (χ2n) is 17.2. The fourth-order valence-electron chi connectivity index (χ4n) is 10.0. The van der Waals surface area contributed by atoms with E-state index in [1.54, 1.807) is 0 Å². The molecule has 0 unspecified atom stereocenters. The topological polar surface area (TPSA) is 135 Å². The first-order chi connectivity index (χ1) is 28.3. The highest BCUT2D eigenvalue weighted by Gasteiger charge is 2.46. The minimum Gasteiger partial charge on any atom is -0.465 e. The van der Waals surface area contributed by atoms with Gasteiger partial charge in [-0.2, -0.15) is 0 Å². The van der Waals surface area contributed by atoms with Gasteiger partial charge in [0.1, 0.15) is 18.0 Å². The first kappa shape index (κ1) is 40.3. The number of nitrogens with zero attached hydrogens (tertiary/aromatic N) is 1. The highest BCUT2D eigenvalue weighted by Crippen LogP contribution is 2.50. The molecule has 2 aromatic heterocycles. The molecule has 0 amide bonds. The predicted molar refractivity (Wildman–Crippen MR) is 227 cm³/mol. The van der Waals surface area contributed by atoms with Crippen LogP contribution < -0.4 is 20.5 Å². The Balaban J connectivity index is 1.15. The number of unbranched alkanes of at least 4 members (excludes halogenated alkanes) is 4. The summed E-state index contributed by atoms with van der Waals surface area (Å²) in [5.74, 6) is 10.9. The lowest BCUT2D eigenvalue weighted by atomic mass is 9.73. The molecule has 2 aromatic carbocycles. The van der Waals surface area contributed by atoms with Crippen LogP contribution in [0.15, 0.2) is 48.9 Å². The second kappa shape index (κ2) is 17.8. The zero-order chi connectivity index (χ0) is 40.2. The molecule has 0 saturated heterocycles. The summed E-state index contributed by atoms with van der Waals surface area (Å²) < 4.78 is 15.5. The summed E-state index contributed by atoms with van der Waals surface area (Å²) in [4.78, 5) is 17.3. The number of hydrogen-bond donors (Lipinski definition) is 5. The summed E-state index contributed by atoms with van der Waals surface area (Å²) in [6, 6.07) is 9.91. The van der Waals surface area contributed by atoms with Gasteiger partial charge >= 0.3 is 0 Å². The Bertz CT molecular complexity index is 2230. The molecule has 6 N–H and O–H groups in total. The molecular weight excluding hydrogens is 725 g/mol. The van der Waals surface area contributed by atoms with Gasteiger partial charge in [-0.1, -0.05) is 101 Å². The van der Waals surface area contributed by atoms with E-state index < -0.39 is 29.8 Å². The van der Waals surface area contributed by atoms with Gasteiger partial charge < -0.3 is 35.0 Å². The fourth-order valence-corrected chi connectivity index (χ4v) is 10.0. The van der Waals surface area contributed by atoms with Crippen molar-refractivity contribution in [3.05, 3.63) is 82.3 Å². The van der Waals surface area contributed by atoms with Crippen LogP contribution in [-0.2, 0) is 24.1 Å². The van der Waals surface area contributed by atoms with Crippen LogP contribution in [0.4, 0.5) is 0 Å². The van der Waals surface area contributed by atoms with E-state index in [9.17, 15) is 15.0 Å². The number of aryl methyl sites for hydroxylation is 1. The molecule has 1 aliphatic carbocycles. The first-order valence-corrected chi connectivity index (χ1v) is 22.0. The van der Waals surface area contributed by atoms with Gasteiger partial charge in [-0.3, -0.25) is 10.1 Å². The number of nitrogens with two attached hydrogens (primary N) is 1. The number of hydrogen-bond acceptors (Lipinski definition) is 7. The third-order valence-electron chi connectivity index (χ3n) is 13.4. The van der Waals surface area contributed by atoms with Crippen molar-refractivity contribution in [2.24, 2.45) is 23.0 Å². The summed E-state index contributed by atoms with van der Waals surface area (Å²) in [5, 5.41) is 27.6. The molecular formula is C49H60N4O5. The summed E-state index contributed by atoms with van der Waals surface area (Å²) >= 11 is 0. The number of rotatable bonds is 13. The standard InChI is InChI=1S/C49H60N4O5/c1-3-5-7-11-37(42(54)12-8-6-4-2)44(56)18-13-32-14-20-45-46(27-32)58-48-40(49(24-26-57-45)22-9-10-23-49)17-19-43(55)35-15-16-36-34(21-25-51-47(36)50)38(35)28-33-29-52-41-31-53(48)30-39(33)41/h14-16,20,27,29-31,37,40,42-43,47-48,51-52,54-55H,3-13,18,21-23,25,28,50H2,1-2H3/t37-,40-,42-,43+,47-,48+/m1/s1. The average Bonchev–Trinajstić information content (AvgIpc) is 3.97. The minimum absolute atomic E-state index is 0.128. The van der Waals surface area contributed by atoms with Crippen molar-refractivity contribution in [1.29, 1.82) is 0 Å². The van der Waals surface area contributed by atoms with Crippen molar-refractivity contribution in [3.8, 4) is 35.4 Å². The molecule has 58 heavy (non-hydrogen) atoms. The predicted octanol–water partition coefficient (Wildman–Crippen LogP) is 8.46. The zero-order valence-corrected chi connectivity index (χ0v) is 34.2. The summed E-state index contributed by atoms with van der Waals surface area (Å²) in [7, 11) is 0. The molecule has 1 fully saturated rings. The molecule has 2 bridgehead atoms. The lowest BCUT2D eigenvalue weighted by Crippen LogP contribution is -2.36. The first-order valence-electron chi connectivity index (χ1n) is 22.0. The average molecular weight is 785 g/mol. The smallest absolute Gasteiger partial charge is 0.191 e. The maximum atomic E-state index is 13.8. The van der Waals surface area contributed by atoms with Gasteiger partial charge in [-0.05, 0) is 84.0 Å². The van der Waals surface area contributed by atoms with E-state index in [4.69, 9.17) is 15.2 Å². The number of benzene rings is 2. The number of fused-ring (bicyclic) bond motifs is 8. The molecule has 1 saturated carbocycles. The normalized spacial score (nSPS) is 22.7. The van der Waals surface area contributed by atoms with Crippen LogP contribution in [0.3, 0.4) is 0 Å². The lowest BCUT2D eigenvalue weighted by molar-refractivity contribution is -0.126. The number of Topliss-reactive ketones (excluding diaryl/α,β-unsaturated/α-hetero) is 1. The molecule has 306 valence electrons. The number of ketones is 1. The van der Waals surface area contributed by atoms with Gasteiger partial charge in [0.15, 0.2) is 17.7 Å². The van der Waals surface area contributed by atoms with Gasteiger partial charge in [0.05, 0.1) is 29.1 Å². The fraction of sp³-hybridized carbons (Fsp3) is 0.531. The van der Waals surface area contributed by atoms with Gasteiger partial charge in [0.25, 0.3) is 0 Å². The van der Waals surface area contributed by atoms with E-state index in [1.807, 2.05) is 30.3 Å². The number of carbonyl (C=O) groups excluding carboxylic acids is 1. The summed E-state index contributed by atoms with van der Waals surface area (Å²) in [6.07, 6.45) is 20.6. The van der Waals surface area contributed by atoms with E-state index in [1.165, 1.54) is 5.56 Å². The number of nitrogens with one attached hydrogen (secondary N) is 2. The second-order valence-corrected chi connectivity index (χ2v) is 17.2. The largest absolute Gasteiger partial charge is 0.465 e. The zero-order valence-electron chi connectivity index (χ0n) is 34.2. The van der Waals surface area contributed by atoms with E-state index >= 15 is 0 Å². The maximum Gasteiger partial charge on any atom is 0.191 e. The molecule has 8 rings (SSSR count). The Labute approximate surface area is 343 Å². The summed E-state index contributed by atoms with van der Waals surface area (Å²) in [5.41, 5.74) is 13.2. The van der Waals surface area contributed by atoms with Crippen LogP contribution in [0.25, 0.3) is 10.9 Å². The number of aliphatic hydroxyl groups excluding tert-OH is 2. The van der Waals surface area contributed by atoms with Crippen LogP contribution in [0.1, 0.15) is 149 Å². The van der Waals surface area contributed by atoms with Crippen LogP contribution >= 0.6 is 0 Å². The van der Waals surface area contributed by atoms with Gasteiger partial charge in [-0.15, -0.1) is 0 Å². The molecule has 6 atom stereocenters. The molecule has 5 heterocycles. The third kappa shape index (κ3) is 8.20. The molecule has 4 aliphatic rings. The van der Waals surface area contributed by atoms with Crippen LogP contribution in [0, 0.1) is 41.1 Å². The SMILES string of the molecule is CCCCC[C@@H](O)[C@@H](CCCCC)C(=O)CCc1ccc2c(c1)O[C@H]1[C@@H](C#C[C@H](O)c3ccc4c(c3Cc3c[nH]c5cn1cc35)CCN[C@H]4N)C1(C#CO2)CCCC1. The van der Waals surface area contributed by atoms with E-state index in [0.29, 0.717) is 37.2 Å². The third-order valence-corrected chi connectivity index (χ3v) is 13.4. The highest BCUT2D eigenvalue weighted by molar-refractivity contribution is 5.84. The van der Waals surface area contributed by atoms with Crippen molar-refractivity contribution >= 4 is 16.7 Å². The van der Waals surface area contributed by atoms with Crippen LogP contribution in [0.5, 0.6) is 11.5 Å². The minimum atomic E-state index is -1.02. The van der Waals surface area contributed by atoms with Gasteiger partial charge in [0.2, 0.25) is 0 Å². The molecule has 0 radical (unpaired) electrons. The van der Waals surface area contributed by atoms with Crippen molar-refractivity contribution in [3.63, 3.8) is 0 Å². The van der Waals surface area contributed by atoms with Crippen LogP contribution in [-0.4, -0.2) is 38.2 Å². The molecule has 9 heteroatoms. The summed E-state index contributed by atoms with van der Waals surface area (Å²) in [6.45, 7) is 5.09. The van der Waals surface area contributed by atoms with Crippen molar-refractivity contribution < 1.29 is 24.5 Å². The Hall–Kier alpha value is -4.51. The molecule has 1 spiro atoms. The van der Waals surface area contributed by atoms with E-state index in [2.05, 4.69) is 71.2 Å². The number of H-pyrrole nitrogens is 1. The molecule has 9 nitrogen and oxygen atoms in total. The number of ether oxygens (including phenoxy) is 2. The molecule has 3 aliphatic heterocycles. The molecule has 4 aromatic rings. The quantitative estimate of drug-likeness (QED) is 0.0679. The van der Waals surface area contributed by atoms with Crippen molar-refractivity contribution in [1.82, 2.24) is 14.9 Å². The number of aromatic amines is 1. The van der Waals surface area contributed by atoms with Crippen molar-refractivity contribution in [2.45, 2.75) is 141 Å². The van der Waals surface area contributed by atoms with Crippen LogP contribution in [0.2, 0.25) is 0 Å². The number of aromatic nitrogens is 2. The van der Waals surface area contributed by atoms with Crippen molar-refractivity contribution in [2.75, 3.05) is 6.54 Å². The van der Waals surface area contributed by atoms with E-state index in [0.717, 1.165) is 122 Å². The lowest BCUT2D eigenvalue weighted by Gasteiger charge is -2.35. The Morgan fingerprint density at radius 3 is 2.60 bits per heavy atom. The number of carbonyl (C=O) groups is 1. The monoisotopic (exact) mass is 784 g/mol. The Morgan fingerprint density at radius 1 is 1.00 bits per heavy atom. The van der Waals surface area contributed by atoms with Gasteiger partial charge in [0, 0.05) is 49.3 Å². The Morgan fingerprint density at radius 2 is 1.79 bits per heavy atom. The maximum absolute atomic E-state index is 13.8.